The molecule has 0 aliphatic carbocycles. The van der Waals surface area contributed by atoms with Gasteiger partial charge >= 0.3 is 0 Å². The third-order valence-corrected chi connectivity index (χ3v) is 5.12. The average molecular weight is 436 g/mol. The van der Waals surface area contributed by atoms with Crippen molar-refractivity contribution in [3.8, 4) is 5.75 Å². The summed E-state index contributed by atoms with van der Waals surface area (Å²) in [5, 5.41) is 10.9. The number of halogens is 1. The second-order valence-corrected chi connectivity index (χ2v) is 7.27. The first-order valence-corrected chi connectivity index (χ1v) is 9.93. The lowest BCUT2D eigenvalue weighted by atomic mass is 10.0. The minimum atomic E-state index is -0.486. The highest BCUT2D eigenvalue weighted by Crippen LogP contribution is 2.28. The molecule has 1 aromatic heterocycles. The maximum absolute atomic E-state index is 13.6. The second kappa shape index (κ2) is 9.01. The monoisotopic (exact) mass is 436 g/mol. The van der Waals surface area contributed by atoms with Crippen LogP contribution in [0.1, 0.15) is 39.7 Å². The van der Waals surface area contributed by atoms with E-state index in [9.17, 15) is 14.0 Å². The molecule has 0 saturated carbocycles. The number of nitrogens with one attached hydrogen (secondary N) is 1. The summed E-state index contributed by atoms with van der Waals surface area (Å²) >= 11 is 0. The molecule has 2 aromatic carbocycles. The molecule has 4 rings (SSSR count). The van der Waals surface area contributed by atoms with Crippen LogP contribution in [0.5, 0.6) is 5.75 Å². The van der Waals surface area contributed by atoms with Gasteiger partial charge in [0.1, 0.15) is 5.69 Å². The molecule has 1 N–H and O–H groups in total. The highest BCUT2D eigenvalue weighted by atomic mass is 19.1. The molecule has 0 saturated heterocycles. The van der Waals surface area contributed by atoms with Crippen molar-refractivity contribution in [3.63, 3.8) is 0 Å². The lowest BCUT2D eigenvalue weighted by Gasteiger charge is -2.10. The zero-order chi connectivity index (χ0) is 22.7. The van der Waals surface area contributed by atoms with Gasteiger partial charge in [-0.05, 0) is 29.3 Å². The van der Waals surface area contributed by atoms with E-state index in [0.717, 1.165) is 10.2 Å². The highest BCUT2D eigenvalue weighted by Gasteiger charge is 2.27. The second-order valence-electron chi connectivity index (χ2n) is 7.27. The number of carbonyl (C=O) groups excluding carboxylic acids is 1. The van der Waals surface area contributed by atoms with Crippen LogP contribution in [0.4, 0.5) is 4.39 Å². The largest absolute Gasteiger partial charge is 0.494 e. The maximum Gasteiger partial charge on any atom is 0.275 e. The fourth-order valence-corrected chi connectivity index (χ4v) is 3.40. The molecule has 2 heterocycles. The van der Waals surface area contributed by atoms with Crippen molar-refractivity contribution in [2.75, 3.05) is 7.11 Å². The van der Waals surface area contributed by atoms with Crippen LogP contribution >= 0.6 is 0 Å². The van der Waals surface area contributed by atoms with Crippen molar-refractivity contribution < 1.29 is 18.8 Å². The van der Waals surface area contributed by atoms with Gasteiger partial charge in [-0.15, -0.1) is 0 Å². The summed E-state index contributed by atoms with van der Waals surface area (Å²) in [6, 6.07) is 15.3. The van der Waals surface area contributed by atoms with Gasteiger partial charge in [-0.1, -0.05) is 41.6 Å². The van der Waals surface area contributed by atoms with E-state index in [1.807, 2.05) is 30.3 Å². The van der Waals surface area contributed by atoms with Gasteiger partial charge in [0.15, 0.2) is 17.7 Å². The molecule has 0 radical (unpaired) electrons. The summed E-state index contributed by atoms with van der Waals surface area (Å²) in [5.41, 5.74) is 2.00. The van der Waals surface area contributed by atoms with Gasteiger partial charge in [0.25, 0.3) is 11.5 Å². The number of hydrogen-bond acceptors (Lipinski definition) is 6. The molecule has 0 spiro atoms. The first kappa shape index (κ1) is 21.2. The standard InChI is InChI=1S/C23H21FN4O4/c1-28-23(30)16(18-12-20(32-27-18)15-6-4-3-5-7-15)11-19(26-28)22(29)25-13-14-8-9-17(24)21(10-14)31-2/h3-11,20H,12-13H2,1-2H3,(H,25,29). The number of benzene rings is 2. The van der Waals surface area contributed by atoms with Crippen LogP contribution in [0.15, 0.2) is 64.5 Å². The molecular weight excluding hydrogens is 415 g/mol. The first-order chi connectivity index (χ1) is 15.5. The topological polar surface area (TPSA) is 94.8 Å². The molecule has 32 heavy (non-hydrogen) atoms. The van der Waals surface area contributed by atoms with Crippen LogP contribution in [0.3, 0.4) is 0 Å². The minimum Gasteiger partial charge on any atom is -0.494 e. The quantitative estimate of drug-likeness (QED) is 0.641. The Bertz CT molecular complexity index is 1240. The van der Waals surface area contributed by atoms with E-state index in [0.29, 0.717) is 17.7 Å². The number of methoxy groups -OCH3 is 1. The molecule has 1 aliphatic rings. The van der Waals surface area contributed by atoms with Gasteiger partial charge in [0.05, 0.1) is 18.4 Å². The van der Waals surface area contributed by atoms with Crippen LogP contribution in [-0.2, 0) is 18.4 Å². The van der Waals surface area contributed by atoms with Crippen LogP contribution in [0.2, 0.25) is 0 Å². The maximum atomic E-state index is 13.6. The summed E-state index contributed by atoms with van der Waals surface area (Å²) in [6.07, 6.45) is 0.106. The Hall–Kier alpha value is -4.01. The van der Waals surface area contributed by atoms with E-state index < -0.39 is 11.7 Å². The van der Waals surface area contributed by atoms with Gasteiger partial charge in [-0.25, -0.2) is 9.07 Å². The number of carbonyl (C=O) groups is 1. The fraction of sp³-hybridized carbons (Fsp3) is 0.217. The zero-order valence-electron chi connectivity index (χ0n) is 17.5. The molecule has 8 nitrogen and oxygen atoms in total. The van der Waals surface area contributed by atoms with Crippen LogP contribution < -0.4 is 15.6 Å². The summed E-state index contributed by atoms with van der Waals surface area (Å²) in [5.74, 6) is -0.879. The number of oxime groups is 1. The Morgan fingerprint density at radius 3 is 2.78 bits per heavy atom. The zero-order valence-corrected chi connectivity index (χ0v) is 17.5. The van der Waals surface area contributed by atoms with Gasteiger partial charge < -0.3 is 14.9 Å². The van der Waals surface area contributed by atoms with E-state index in [-0.39, 0.29) is 35.2 Å². The van der Waals surface area contributed by atoms with Gasteiger partial charge in [0.2, 0.25) is 0 Å². The van der Waals surface area contributed by atoms with Crippen molar-refractivity contribution in [2.24, 2.45) is 12.2 Å². The Kier molecular flexibility index (Phi) is 5.98. The number of aryl methyl sites for hydroxylation is 1. The Morgan fingerprint density at radius 1 is 1.25 bits per heavy atom. The predicted octanol–water partition coefficient (Wildman–Crippen LogP) is 2.72. The van der Waals surface area contributed by atoms with Crippen LogP contribution in [0.25, 0.3) is 0 Å². The fourth-order valence-electron chi connectivity index (χ4n) is 3.40. The van der Waals surface area contributed by atoms with Crippen molar-refractivity contribution in [1.82, 2.24) is 15.1 Å². The Balaban J connectivity index is 1.51. The minimum absolute atomic E-state index is 0.0574. The van der Waals surface area contributed by atoms with E-state index in [1.165, 1.54) is 32.4 Å². The van der Waals surface area contributed by atoms with Crippen molar-refractivity contribution in [1.29, 1.82) is 0 Å². The third-order valence-electron chi connectivity index (χ3n) is 5.12. The third kappa shape index (κ3) is 4.36. The Morgan fingerprint density at radius 2 is 2.03 bits per heavy atom. The number of ether oxygens (including phenoxy) is 1. The summed E-state index contributed by atoms with van der Waals surface area (Å²) in [4.78, 5) is 30.8. The van der Waals surface area contributed by atoms with E-state index in [1.54, 1.807) is 6.07 Å². The predicted molar refractivity (Wildman–Crippen MR) is 115 cm³/mol. The van der Waals surface area contributed by atoms with Crippen LogP contribution in [0, 0.1) is 5.82 Å². The van der Waals surface area contributed by atoms with Crippen LogP contribution in [-0.4, -0.2) is 28.5 Å². The van der Waals surface area contributed by atoms with Crippen molar-refractivity contribution >= 4 is 11.6 Å². The van der Waals surface area contributed by atoms with E-state index >= 15 is 0 Å². The van der Waals surface area contributed by atoms with E-state index in [2.05, 4.69) is 15.6 Å². The summed E-state index contributed by atoms with van der Waals surface area (Å²) in [7, 11) is 2.84. The van der Waals surface area contributed by atoms with Gasteiger partial charge in [0, 0.05) is 20.0 Å². The number of nitrogens with zero attached hydrogens (tertiary/aromatic N) is 3. The summed E-state index contributed by atoms with van der Waals surface area (Å²) < 4.78 is 19.6. The first-order valence-electron chi connectivity index (χ1n) is 9.93. The highest BCUT2D eigenvalue weighted by molar-refractivity contribution is 6.03. The normalized spacial score (nSPS) is 15.1. The van der Waals surface area contributed by atoms with Gasteiger partial charge in [-0.2, -0.15) is 5.10 Å². The number of rotatable bonds is 6. The van der Waals surface area contributed by atoms with Gasteiger partial charge in [-0.3, -0.25) is 9.59 Å². The molecule has 1 unspecified atom stereocenters. The lowest BCUT2D eigenvalue weighted by Crippen LogP contribution is -2.32. The SMILES string of the molecule is COc1cc(CNC(=O)c2cc(C3=NOC(c4ccccc4)C3)c(=O)n(C)n2)ccc1F. The summed E-state index contributed by atoms with van der Waals surface area (Å²) in [6.45, 7) is 0.134. The smallest absolute Gasteiger partial charge is 0.275 e. The number of hydrogen-bond donors (Lipinski definition) is 1. The Labute approximate surface area is 183 Å². The molecule has 1 amide bonds. The molecule has 0 fully saturated rings. The van der Waals surface area contributed by atoms with E-state index in [4.69, 9.17) is 9.57 Å². The lowest BCUT2D eigenvalue weighted by molar-refractivity contribution is 0.0857. The molecule has 0 bridgehead atoms. The molecule has 9 heteroatoms. The van der Waals surface area contributed by atoms with Crippen molar-refractivity contribution in [3.05, 3.63) is 93.2 Å². The molecular formula is C23H21FN4O4. The van der Waals surface area contributed by atoms with Crippen molar-refractivity contribution in [2.45, 2.75) is 19.1 Å². The molecule has 1 atom stereocenters. The molecule has 1 aliphatic heterocycles. The molecule has 3 aromatic rings. The molecule has 164 valence electrons. The number of aromatic nitrogens is 2. The average Bonchev–Trinajstić information content (AvgIpc) is 3.30. The number of amides is 1.